The molecule has 4 aliphatic rings. The third-order valence-electron chi connectivity index (χ3n) is 10.6. The van der Waals surface area contributed by atoms with Crippen molar-refractivity contribution in [3.63, 3.8) is 0 Å². The lowest BCUT2D eigenvalue weighted by atomic mass is 10.00. The summed E-state index contributed by atoms with van der Waals surface area (Å²) in [4.78, 5) is 51.1. The number of piperazine rings is 1. The first-order valence-electron chi connectivity index (χ1n) is 17.2. The predicted molar refractivity (Wildman–Crippen MR) is 179 cm³/mol. The smallest absolute Gasteiger partial charge is 0.410 e. The van der Waals surface area contributed by atoms with E-state index < -0.39 is 12.2 Å². The quantitative estimate of drug-likeness (QED) is 0.424. The van der Waals surface area contributed by atoms with Crippen LogP contribution in [0.1, 0.15) is 36.8 Å². The van der Waals surface area contributed by atoms with Crippen LogP contribution in [0.5, 0.6) is 0 Å². The molecular weight excluding hydrogens is 596 g/mol. The Labute approximate surface area is 276 Å². The minimum absolute atomic E-state index is 0.0362. The van der Waals surface area contributed by atoms with Crippen molar-refractivity contribution in [3.05, 3.63) is 59.8 Å². The lowest BCUT2D eigenvalue weighted by Crippen LogP contribution is -2.54. The summed E-state index contributed by atoms with van der Waals surface area (Å²) in [5.41, 5.74) is 3.84. The molecule has 1 unspecified atom stereocenters. The van der Waals surface area contributed by atoms with Crippen molar-refractivity contribution in [1.82, 2.24) is 34.7 Å². The molecule has 0 spiro atoms. The van der Waals surface area contributed by atoms with Crippen molar-refractivity contribution < 1.29 is 19.1 Å². The summed E-state index contributed by atoms with van der Waals surface area (Å²) in [6.45, 7) is 7.20. The van der Waals surface area contributed by atoms with Gasteiger partial charge in [0.2, 0.25) is 0 Å². The van der Waals surface area contributed by atoms with Crippen LogP contribution in [0.25, 0.3) is 10.9 Å². The SMILES string of the molecule is CN1CCN(C2CCN(C(=O)C(Cc3ccc4[nH]ncc4c3)OC(=O)N3CCC(N4CCc5ccccc5NC4=O)CC3)CC2)CC1. The minimum atomic E-state index is -0.917. The molecule has 12 nitrogen and oxygen atoms in total. The second-order valence-electron chi connectivity index (χ2n) is 13.5. The predicted octanol–water partition coefficient (Wildman–Crippen LogP) is 3.40. The van der Waals surface area contributed by atoms with Gasteiger partial charge in [-0.1, -0.05) is 24.3 Å². The number of urea groups is 1. The van der Waals surface area contributed by atoms with Crippen molar-refractivity contribution in [3.8, 4) is 0 Å². The molecule has 3 fully saturated rings. The number of H-pyrrole nitrogens is 1. The number of nitrogens with one attached hydrogen (secondary N) is 2. The molecule has 5 heterocycles. The first kappa shape index (κ1) is 31.4. The maximum Gasteiger partial charge on any atom is 0.410 e. The van der Waals surface area contributed by atoms with E-state index in [9.17, 15) is 14.4 Å². The Hall–Kier alpha value is -4.16. The van der Waals surface area contributed by atoms with Gasteiger partial charge < -0.3 is 29.7 Å². The molecule has 12 heteroatoms. The molecule has 0 saturated carbocycles. The molecule has 0 radical (unpaired) electrons. The van der Waals surface area contributed by atoms with Crippen molar-refractivity contribution in [2.24, 2.45) is 0 Å². The molecule has 1 atom stereocenters. The zero-order valence-electron chi connectivity index (χ0n) is 27.3. The highest BCUT2D eigenvalue weighted by Crippen LogP contribution is 2.26. The van der Waals surface area contributed by atoms with Crippen LogP contribution in [0.4, 0.5) is 15.3 Å². The van der Waals surface area contributed by atoms with E-state index in [1.807, 2.05) is 46.2 Å². The van der Waals surface area contributed by atoms with Crippen LogP contribution >= 0.6 is 0 Å². The number of hydrogen-bond donors (Lipinski definition) is 2. The number of nitrogens with zero attached hydrogens (tertiary/aromatic N) is 6. The van der Waals surface area contributed by atoms with Gasteiger partial charge in [0.05, 0.1) is 11.7 Å². The van der Waals surface area contributed by atoms with Crippen LogP contribution in [-0.4, -0.2) is 137 Å². The largest absolute Gasteiger partial charge is 0.436 e. The van der Waals surface area contributed by atoms with E-state index in [0.29, 0.717) is 58.0 Å². The second-order valence-corrected chi connectivity index (χ2v) is 13.5. The van der Waals surface area contributed by atoms with Crippen LogP contribution in [0.3, 0.4) is 0 Å². The maximum absolute atomic E-state index is 14.0. The first-order valence-corrected chi connectivity index (χ1v) is 17.2. The first-order chi connectivity index (χ1) is 22.9. The highest BCUT2D eigenvalue weighted by atomic mass is 16.6. The molecule has 2 N–H and O–H groups in total. The number of likely N-dealkylation sites (tertiary alicyclic amines) is 2. The van der Waals surface area contributed by atoms with Gasteiger partial charge in [0.1, 0.15) is 0 Å². The van der Waals surface area contributed by atoms with Crippen LogP contribution in [-0.2, 0) is 22.4 Å². The summed E-state index contributed by atoms with van der Waals surface area (Å²) in [6, 6.07) is 14.3. The van der Waals surface area contributed by atoms with Crippen LogP contribution < -0.4 is 5.32 Å². The normalized spacial score (nSPS) is 21.3. The number of hydrogen-bond acceptors (Lipinski definition) is 7. The van der Waals surface area contributed by atoms with E-state index in [-0.39, 0.29) is 18.0 Å². The number of aromatic amines is 1. The number of anilines is 1. The van der Waals surface area contributed by atoms with Gasteiger partial charge in [-0.05, 0) is 68.5 Å². The van der Waals surface area contributed by atoms with Gasteiger partial charge in [-0.2, -0.15) is 5.10 Å². The van der Waals surface area contributed by atoms with Crippen LogP contribution in [0.15, 0.2) is 48.7 Å². The fraction of sp³-hybridized carbons (Fsp3) is 0.543. The Balaban J connectivity index is 0.981. The number of rotatable bonds is 6. The van der Waals surface area contributed by atoms with Gasteiger partial charge >= 0.3 is 12.1 Å². The Kier molecular flexibility index (Phi) is 9.30. The van der Waals surface area contributed by atoms with Gasteiger partial charge in [0.25, 0.3) is 5.91 Å². The number of amides is 4. The van der Waals surface area contributed by atoms with Crippen molar-refractivity contribution in [1.29, 1.82) is 0 Å². The standard InChI is InChI=1S/C35H46N8O4/c1-39-18-20-40(21-19-39)28-9-13-41(14-10-28)33(44)32(23-25-6-7-31-27(22-25)24-36-38-31)47-35(46)42-15-11-29(12-16-42)43-17-8-26-4-2-3-5-30(26)37-34(43)45/h2-7,22,24,28-29,32H,8-21,23H2,1H3,(H,36,38)(H,37,45). The summed E-state index contributed by atoms with van der Waals surface area (Å²) in [7, 11) is 2.17. The number of para-hydroxylation sites is 1. The Morgan fingerprint density at radius 1 is 0.894 bits per heavy atom. The zero-order valence-corrected chi connectivity index (χ0v) is 27.3. The average Bonchev–Trinajstić information content (AvgIpc) is 3.50. The Morgan fingerprint density at radius 2 is 1.62 bits per heavy atom. The van der Waals surface area contributed by atoms with Crippen LogP contribution in [0, 0.1) is 0 Å². The molecule has 4 amide bonds. The van der Waals surface area contributed by atoms with E-state index >= 15 is 0 Å². The number of ether oxygens (including phenoxy) is 1. The summed E-state index contributed by atoms with van der Waals surface area (Å²) in [5, 5.41) is 11.1. The molecule has 2 aromatic carbocycles. The molecule has 4 aliphatic heterocycles. The van der Waals surface area contributed by atoms with Gasteiger partial charge in [-0.25, -0.2) is 9.59 Å². The molecule has 47 heavy (non-hydrogen) atoms. The number of fused-ring (bicyclic) bond motifs is 2. The molecule has 7 rings (SSSR count). The van der Waals surface area contributed by atoms with Crippen molar-refractivity contribution in [2.45, 2.75) is 56.7 Å². The third-order valence-corrected chi connectivity index (χ3v) is 10.6. The molecule has 0 bridgehead atoms. The molecule has 1 aromatic heterocycles. The molecule has 3 aromatic rings. The number of aromatic nitrogens is 2. The fourth-order valence-electron chi connectivity index (χ4n) is 7.65. The fourth-order valence-corrected chi connectivity index (χ4v) is 7.65. The molecular formula is C35H46N8O4. The van der Waals surface area contributed by atoms with Crippen molar-refractivity contribution in [2.75, 3.05) is 71.3 Å². The van der Waals surface area contributed by atoms with E-state index in [0.717, 1.165) is 73.2 Å². The minimum Gasteiger partial charge on any atom is -0.436 e. The van der Waals surface area contributed by atoms with Crippen molar-refractivity contribution >= 4 is 34.6 Å². The van der Waals surface area contributed by atoms with E-state index in [4.69, 9.17) is 4.74 Å². The Morgan fingerprint density at radius 3 is 2.40 bits per heavy atom. The average molecular weight is 643 g/mol. The molecule has 250 valence electrons. The number of likely N-dealkylation sites (N-methyl/N-ethyl adjacent to an activating group) is 1. The third kappa shape index (κ3) is 7.08. The second kappa shape index (κ2) is 13.9. The van der Waals surface area contributed by atoms with Gasteiger partial charge in [-0.15, -0.1) is 0 Å². The highest BCUT2D eigenvalue weighted by Gasteiger charge is 2.36. The number of benzene rings is 2. The summed E-state index contributed by atoms with van der Waals surface area (Å²) >= 11 is 0. The number of piperidine rings is 2. The zero-order chi connectivity index (χ0) is 32.3. The monoisotopic (exact) mass is 642 g/mol. The summed E-state index contributed by atoms with van der Waals surface area (Å²) in [6.07, 6.45) is 4.65. The van der Waals surface area contributed by atoms with Gasteiger partial charge in [-0.3, -0.25) is 14.8 Å². The van der Waals surface area contributed by atoms with Crippen LogP contribution in [0.2, 0.25) is 0 Å². The lowest BCUT2D eigenvalue weighted by Gasteiger charge is -2.42. The number of carbonyl (C=O) groups is 3. The topological polar surface area (TPSA) is 117 Å². The maximum atomic E-state index is 14.0. The van der Waals surface area contributed by atoms with Gasteiger partial charge in [0.15, 0.2) is 6.10 Å². The van der Waals surface area contributed by atoms with E-state index in [1.54, 1.807) is 11.1 Å². The van der Waals surface area contributed by atoms with E-state index in [1.165, 1.54) is 0 Å². The molecule has 3 saturated heterocycles. The molecule has 0 aliphatic carbocycles. The Bertz CT molecular complexity index is 1570. The lowest BCUT2D eigenvalue weighted by molar-refractivity contribution is -0.142. The highest BCUT2D eigenvalue weighted by molar-refractivity contribution is 5.91. The number of carbonyl (C=O) groups excluding carboxylic acids is 3. The summed E-state index contributed by atoms with van der Waals surface area (Å²) in [5.74, 6) is -0.127. The summed E-state index contributed by atoms with van der Waals surface area (Å²) < 4.78 is 6.09. The van der Waals surface area contributed by atoms with Gasteiger partial charge in [0, 0.05) is 88.5 Å². The van der Waals surface area contributed by atoms with E-state index in [2.05, 4.69) is 38.4 Å².